The summed E-state index contributed by atoms with van der Waals surface area (Å²) in [5.41, 5.74) is 0.384. The molecule has 152 valence electrons. The van der Waals surface area contributed by atoms with Crippen LogP contribution in [0.15, 0.2) is 52.9 Å². The average Bonchev–Trinajstić information content (AvgIpc) is 3.07. The molecule has 0 bridgehead atoms. The molecule has 3 rings (SSSR count). The van der Waals surface area contributed by atoms with Gasteiger partial charge in [0.15, 0.2) is 0 Å². The largest absolute Gasteiger partial charge is 0.496 e. The molecule has 2 aromatic carbocycles. The minimum atomic E-state index is -1.33. The summed E-state index contributed by atoms with van der Waals surface area (Å²) in [6, 6.07) is 12.8. The number of carbonyl (C=O) groups excluding carboxylic acids is 1. The van der Waals surface area contributed by atoms with Crippen LogP contribution in [0.2, 0.25) is 0 Å². The Bertz CT molecular complexity index is 996. The number of methoxy groups -OCH3 is 1. The lowest BCUT2D eigenvalue weighted by Crippen LogP contribution is -2.39. The second kappa shape index (κ2) is 8.45. The Balaban J connectivity index is 1.67. The third-order valence-electron chi connectivity index (χ3n) is 4.65. The van der Waals surface area contributed by atoms with Gasteiger partial charge in [0.1, 0.15) is 22.9 Å². The van der Waals surface area contributed by atoms with Crippen LogP contribution in [0.5, 0.6) is 5.75 Å². The van der Waals surface area contributed by atoms with E-state index < -0.39 is 5.60 Å². The van der Waals surface area contributed by atoms with Crippen LogP contribution < -0.4 is 10.1 Å². The number of nitrogens with one attached hydrogen (secondary N) is 1. The predicted octanol–water partition coefficient (Wildman–Crippen LogP) is 3.36. The Kier molecular flexibility index (Phi) is 5.98. The fourth-order valence-corrected chi connectivity index (χ4v) is 2.92. The molecule has 3 aromatic rings. The second-order valence-electron chi connectivity index (χ2n) is 6.96. The van der Waals surface area contributed by atoms with Gasteiger partial charge >= 0.3 is 0 Å². The average molecular weight is 398 g/mol. The summed E-state index contributed by atoms with van der Waals surface area (Å²) in [7, 11) is 1.57. The third kappa shape index (κ3) is 4.81. The first-order valence-corrected chi connectivity index (χ1v) is 9.15. The summed E-state index contributed by atoms with van der Waals surface area (Å²) in [4.78, 5) is 16.8. The maximum absolute atomic E-state index is 13.1. The van der Waals surface area contributed by atoms with Crippen molar-refractivity contribution >= 4 is 5.91 Å². The van der Waals surface area contributed by atoms with E-state index in [0.717, 1.165) is 0 Å². The van der Waals surface area contributed by atoms with Crippen LogP contribution >= 0.6 is 0 Å². The quantitative estimate of drug-likeness (QED) is 0.638. The number of ether oxygens (including phenoxy) is 1. The number of aromatic nitrogens is 1. The molecule has 1 heterocycles. The van der Waals surface area contributed by atoms with Crippen molar-refractivity contribution in [2.24, 2.45) is 0 Å². The summed E-state index contributed by atoms with van der Waals surface area (Å²) < 4.78 is 24.1. The Morgan fingerprint density at radius 2 is 1.93 bits per heavy atom. The van der Waals surface area contributed by atoms with Gasteiger partial charge in [0.2, 0.25) is 11.8 Å². The number of hydrogen-bond donors (Lipinski definition) is 2. The van der Waals surface area contributed by atoms with Crippen molar-refractivity contribution in [2.45, 2.75) is 25.9 Å². The van der Waals surface area contributed by atoms with Gasteiger partial charge in [0.25, 0.3) is 0 Å². The first kappa shape index (κ1) is 20.5. The van der Waals surface area contributed by atoms with Crippen LogP contribution in [-0.2, 0) is 16.8 Å². The number of halogens is 1. The van der Waals surface area contributed by atoms with Crippen LogP contribution in [0.1, 0.15) is 23.9 Å². The normalized spacial score (nSPS) is 13.0. The van der Waals surface area contributed by atoms with Gasteiger partial charge in [0.05, 0.1) is 31.3 Å². The zero-order chi connectivity index (χ0) is 21.0. The zero-order valence-electron chi connectivity index (χ0n) is 16.5. The summed E-state index contributed by atoms with van der Waals surface area (Å²) in [5, 5.41) is 13.3. The first-order valence-electron chi connectivity index (χ1n) is 9.15. The molecule has 0 saturated carbocycles. The fourth-order valence-electron chi connectivity index (χ4n) is 2.92. The molecule has 2 N–H and O–H groups in total. The highest BCUT2D eigenvalue weighted by Crippen LogP contribution is 2.30. The summed E-state index contributed by atoms with van der Waals surface area (Å²) >= 11 is 0. The van der Waals surface area contributed by atoms with Gasteiger partial charge in [-0.05, 0) is 43.7 Å². The molecule has 1 unspecified atom stereocenters. The van der Waals surface area contributed by atoms with Crippen molar-refractivity contribution in [3.8, 4) is 17.2 Å². The van der Waals surface area contributed by atoms with E-state index in [9.17, 15) is 14.3 Å². The van der Waals surface area contributed by atoms with Crippen molar-refractivity contribution < 1.29 is 23.4 Å². The molecule has 1 atom stereocenters. The summed E-state index contributed by atoms with van der Waals surface area (Å²) in [6.07, 6.45) is 0.00395. The number of aliphatic hydroxyl groups is 1. The maximum Gasteiger partial charge on any atom is 0.230 e. The van der Waals surface area contributed by atoms with Gasteiger partial charge in [-0.3, -0.25) is 4.79 Å². The summed E-state index contributed by atoms with van der Waals surface area (Å²) in [6.45, 7) is 3.28. The molecule has 0 spiro atoms. The molecule has 6 nitrogen and oxygen atoms in total. The van der Waals surface area contributed by atoms with Crippen LogP contribution in [-0.4, -0.2) is 29.7 Å². The lowest BCUT2D eigenvalue weighted by molar-refractivity contribution is -0.121. The Hall–Kier alpha value is -3.19. The minimum absolute atomic E-state index is 0.00395. The SMILES string of the molecule is COc1ccccc1-c1nc(CC(=O)NCC(C)(O)c2ccc(F)cc2)c(C)o1. The van der Waals surface area contributed by atoms with Gasteiger partial charge in [-0.25, -0.2) is 9.37 Å². The Labute approximate surface area is 168 Å². The van der Waals surface area contributed by atoms with Crippen molar-refractivity contribution in [3.63, 3.8) is 0 Å². The van der Waals surface area contributed by atoms with Crippen molar-refractivity contribution in [1.29, 1.82) is 0 Å². The standard InChI is InChI=1S/C22H23FN2O4/c1-14-18(25-21(29-14)17-6-4-5-7-19(17)28-3)12-20(26)24-13-22(2,27)15-8-10-16(23)11-9-15/h4-11,27H,12-13H2,1-3H3,(H,24,26). The number of benzene rings is 2. The van der Waals surface area contributed by atoms with Gasteiger partial charge in [0, 0.05) is 0 Å². The van der Waals surface area contributed by atoms with E-state index in [1.807, 2.05) is 18.2 Å². The number of hydrogen-bond acceptors (Lipinski definition) is 5. The van der Waals surface area contributed by atoms with E-state index in [4.69, 9.17) is 9.15 Å². The van der Waals surface area contributed by atoms with Gasteiger partial charge < -0.3 is 19.6 Å². The van der Waals surface area contributed by atoms with Crippen LogP contribution in [0.25, 0.3) is 11.5 Å². The summed E-state index contributed by atoms with van der Waals surface area (Å²) in [5.74, 6) is 0.837. The van der Waals surface area contributed by atoms with E-state index in [1.165, 1.54) is 24.3 Å². The van der Waals surface area contributed by atoms with Gasteiger partial charge in [-0.15, -0.1) is 0 Å². The highest BCUT2D eigenvalue weighted by Gasteiger charge is 2.24. The highest BCUT2D eigenvalue weighted by atomic mass is 19.1. The molecule has 0 saturated heterocycles. The molecule has 1 aromatic heterocycles. The molecule has 0 aliphatic heterocycles. The lowest BCUT2D eigenvalue weighted by atomic mass is 9.96. The van der Waals surface area contributed by atoms with Gasteiger partial charge in [-0.2, -0.15) is 0 Å². The maximum atomic E-state index is 13.1. The lowest BCUT2D eigenvalue weighted by Gasteiger charge is -2.24. The molecule has 0 aliphatic carbocycles. The first-order chi connectivity index (χ1) is 13.8. The molecular weight excluding hydrogens is 375 g/mol. The van der Waals surface area contributed by atoms with Gasteiger partial charge in [-0.1, -0.05) is 24.3 Å². The monoisotopic (exact) mass is 398 g/mol. The molecule has 0 fully saturated rings. The number of rotatable bonds is 7. The predicted molar refractivity (Wildman–Crippen MR) is 106 cm³/mol. The number of nitrogens with zero attached hydrogens (tertiary/aromatic N) is 1. The van der Waals surface area contributed by atoms with Crippen molar-refractivity contribution in [1.82, 2.24) is 10.3 Å². The van der Waals surface area contributed by atoms with Crippen molar-refractivity contribution in [3.05, 3.63) is 71.4 Å². The zero-order valence-corrected chi connectivity index (χ0v) is 16.5. The van der Waals surface area contributed by atoms with E-state index in [-0.39, 0.29) is 24.7 Å². The van der Waals surface area contributed by atoms with E-state index in [0.29, 0.717) is 34.2 Å². The molecular formula is C22H23FN2O4. The Morgan fingerprint density at radius 3 is 2.62 bits per heavy atom. The van der Waals surface area contributed by atoms with E-state index in [1.54, 1.807) is 27.0 Å². The molecule has 29 heavy (non-hydrogen) atoms. The van der Waals surface area contributed by atoms with Crippen LogP contribution in [0.4, 0.5) is 4.39 Å². The second-order valence-corrected chi connectivity index (χ2v) is 6.96. The fraction of sp³-hybridized carbons (Fsp3) is 0.273. The van der Waals surface area contributed by atoms with Crippen LogP contribution in [0.3, 0.4) is 0 Å². The molecule has 7 heteroatoms. The topological polar surface area (TPSA) is 84.6 Å². The third-order valence-corrected chi connectivity index (χ3v) is 4.65. The number of carbonyl (C=O) groups is 1. The number of aryl methyl sites for hydroxylation is 1. The highest BCUT2D eigenvalue weighted by molar-refractivity contribution is 5.78. The van der Waals surface area contributed by atoms with E-state index >= 15 is 0 Å². The number of para-hydroxylation sites is 1. The van der Waals surface area contributed by atoms with Crippen LogP contribution in [0, 0.1) is 12.7 Å². The number of amides is 1. The molecule has 1 amide bonds. The molecule has 0 radical (unpaired) electrons. The minimum Gasteiger partial charge on any atom is -0.496 e. The van der Waals surface area contributed by atoms with Crippen molar-refractivity contribution in [2.75, 3.05) is 13.7 Å². The number of oxazole rings is 1. The van der Waals surface area contributed by atoms with E-state index in [2.05, 4.69) is 10.3 Å². The molecule has 0 aliphatic rings. The smallest absolute Gasteiger partial charge is 0.230 e. The Morgan fingerprint density at radius 1 is 1.24 bits per heavy atom.